The molecule has 0 spiro atoms. The largest absolute Gasteiger partial charge is 0.447 e. The molecule has 0 amide bonds. The van der Waals surface area contributed by atoms with Gasteiger partial charge < -0.3 is 14.2 Å². The van der Waals surface area contributed by atoms with Crippen LogP contribution in [0.25, 0.3) is 0 Å². The summed E-state index contributed by atoms with van der Waals surface area (Å²) in [6, 6.07) is 0. The molecule has 5 heteroatoms. The van der Waals surface area contributed by atoms with Gasteiger partial charge in [-0.1, -0.05) is 13.2 Å². The molecule has 1 aliphatic heterocycles. The number of carbonyl (C=O) groups is 2. The molecule has 1 saturated heterocycles. The Hall–Kier alpha value is -1.62. The third-order valence-corrected chi connectivity index (χ3v) is 1.94. The van der Waals surface area contributed by atoms with Gasteiger partial charge in [0.25, 0.3) is 0 Å². The molecule has 5 nitrogen and oxygen atoms in total. The summed E-state index contributed by atoms with van der Waals surface area (Å²) in [7, 11) is 0. The van der Waals surface area contributed by atoms with E-state index >= 15 is 0 Å². The Labute approximate surface area is 93.7 Å². The summed E-state index contributed by atoms with van der Waals surface area (Å²) in [6.45, 7) is 8.77. The topological polar surface area (TPSA) is 65.1 Å². The number of hydrogen-bond acceptors (Lipinski definition) is 5. The van der Waals surface area contributed by atoms with Gasteiger partial charge in [0.05, 0.1) is 19.0 Å². The Morgan fingerprint density at radius 3 is 2.69 bits per heavy atom. The van der Waals surface area contributed by atoms with Gasteiger partial charge in [-0.25, -0.2) is 9.59 Å². The first-order valence-electron chi connectivity index (χ1n) is 4.84. The summed E-state index contributed by atoms with van der Waals surface area (Å²) in [5.74, 6) is -1.27. The first-order chi connectivity index (χ1) is 7.54. The zero-order valence-corrected chi connectivity index (χ0v) is 9.10. The van der Waals surface area contributed by atoms with Gasteiger partial charge in [-0.15, -0.1) is 0 Å². The maximum Gasteiger partial charge on any atom is 0.352 e. The lowest BCUT2D eigenvalue weighted by molar-refractivity contribution is -0.162. The van der Waals surface area contributed by atoms with Gasteiger partial charge in [0.1, 0.15) is 0 Å². The summed E-state index contributed by atoms with van der Waals surface area (Å²) in [6.07, 6.45) is 0.290. The highest BCUT2D eigenvalue weighted by atomic mass is 16.6. The Morgan fingerprint density at radius 1 is 1.62 bits per heavy atom. The molecule has 2 atom stereocenters. The van der Waals surface area contributed by atoms with E-state index in [1.54, 1.807) is 0 Å². The number of carbonyl (C=O) groups excluding carboxylic acids is 2. The molecule has 0 aliphatic carbocycles. The highest BCUT2D eigenvalue weighted by molar-refractivity contribution is 5.89. The molecular weight excluding hydrogens is 212 g/mol. The minimum atomic E-state index is -0.963. The van der Waals surface area contributed by atoms with Crippen LogP contribution in [0.3, 0.4) is 0 Å². The van der Waals surface area contributed by atoms with Gasteiger partial charge in [-0.05, 0) is 6.92 Å². The van der Waals surface area contributed by atoms with Crippen molar-refractivity contribution in [1.29, 1.82) is 0 Å². The second-order valence-electron chi connectivity index (χ2n) is 3.47. The average Bonchev–Trinajstić information content (AvgIpc) is 3.00. The van der Waals surface area contributed by atoms with Crippen LogP contribution in [0.4, 0.5) is 0 Å². The van der Waals surface area contributed by atoms with Crippen molar-refractivity contribution >= 4 is 11.9 Å². The predicted octanol–water partition coefficient (Wildman–Crippen LogP) is 0.950. The molecule has 0 bridgehead atoms. The lowest BCUT2D eigenvalue weighted by Crippen LogP contribution is -2.29. The molecule has 1 rings (SSSR count). The van der Waals surface area contributed by atoms with Gasteiger partial charge in [-0.3, -0.25) is 0 Å². The van der Waals surface area contributed by atoms with Crippen molar-refractivity contribution in [3.05, 3.63) is 25.0 Å². The molecule has 0 N–H and O–H groups in total. The highest BCUT2D eigenvalue weighted by Crippen LogP contribution is 2.19. The SMILES string of the molecule is C=COC(=O)C(CC1CO1)OC(=O)C(=C)C. The highest BCUT2D eigenvalue weighted by Gasteiger charge is 2.33. The summed E-state index contributed by atoms with van der Waals surface area (Å²) in [5.41, 5.74) is 0.230. The van der Waals surface area contributed by atoms with Gasteiger partial charge in [0.2, 0.25) is 6.10 Å². The van der Waals surface area contributed by atoms with Gasteiger partial charge >= 0.3 is 11.9 Å². The maximum absolute atomic E-state index is 11.4. The number of ether oxygens (including phenoxy) is 3. The van der Waals surface area contributed by atoms with Crippen LogP contribution in [0.5, 0.6) is 0 Å². The van der Waals surface area contributed by atoms with Crippen molar-refractivity contribution in [3.8, 4) is 0 Å². The molecule has 1 aliphatic rings. The predicted molar refractivity (Wildman–Crippen MR) is 55.3 cm³/mol. The van der Waals surface area contributed by atoms with Gasteiger partial charge in [-0.2, -0.15) is 0 Å². The van der Waals surface area contributed by atoms with E-state index in [9.17, 15) is 9.59 Å². The molecule has 2 unspecified atom stereocenters. The van der Waals surface area contributed by atoms with Crippen LogP contribution in [0, 0.1) is 0 Å². The molecule has 88 valence electrons. The molecule has 0 radical (unpaired) electrons. The van der Waals surface area contributed by atoms with Crippen molar-refractivity contribution < 1.29 is 23.8 Å². The summed E-state index contributed by atoms with van der Waals surface area (Å²) < 4.78 is 14.5. The Morgan fingerprint density at radius 2 is 2.25 bits per heavy atom. The van der Waals surface area contributed by atoms with Crippen molar-refractivity contribution in [1.82, 2.24) is 0 Å². The Kier molecular flexibility index (Phi) is 4.25. The molecule has 1 fully saturated rings. The van der Waals surface area contributed by atoms with E-state index in [-0.39, 0.29) is 11.7 Å². The standard InChI is InChI=1S/C11H14O5/c1-4-14-11(13)9(5-8-6-15-8)16-10(12)7(2)3/h4,8-9H,1-2,5-6H2,3H3. The van der Waals surface area contributed by atoms with Crippen LogP contribution < -0.4 is 0 Å². The molecule has 1 heterocycles. The van der Waals surface area contributed by atoms with E-state index < -0.39 is 18.0 Å². The zero-order chi connectivity index (χ0) is 12.1. The molecule has 0 saturated carbocycles. The molecule has 0 aromatic heterocycles. The third kappa shape index (κ3) is 3.86. The number of epoxide rings is 1. The fourth-order valence-electron chi connectivity index (χ4n) is 1.02. The first-order valence-corrected chi connectivity index (χ1v) is 4.84. The smallest absolute Gasteiger partial charge is 0.352 e. The lowest BCUT2D eigenvalue weighted by atomic mass is 10.2. The van der Waals surface area contributed by atoms with Crippen LogP contribution in [0.15, 0.2) is 25.0 Å². The van der Waals surface area contributed by atoms with E-state index in [4.69, 9.17) is 9.47 Å². The zero-order valence-electron chi connectivity index (χ0n) is 9.10. The number of esters is 2. The van der Waals surface area contributed by atoms with Gasteiger partial charge in [0.15, 0.2) is 0 Å². The number of rotatable bonds is 6. The first kappa shape index (κ1) is 12.4. The monoisotopic (exact) mass is 226 g/mol. The minimum absolute atomic E-state index is 0.0414. The molecule has 16 heavy (non-hydrogen) atoms. The van der Waals surface area contributed by atoms with E-state index in [1.807, 2.05) is 0 Å². The van der Waals surface area contributed by atoms with Crippen LogP contribution >= 0.6 is 0 Å². The van der Waals surface area contributed by atoms with E-state index in [1.165, 1.54) is 6.92 Å². The maximum atomic E-state index is 11.4. The fraction of sp³-hybridized carbons (Fsp3) is 0.455. The van der Waals surface area contributed by atoms with Crippen LogP contribution in [-0.2, 0) is 23.8 Å². The van der Waals surface area contributed by atoms with Crippen molar-refractivity contribution in [2.24, 2.45) is 0 Å². The van der Waals surface area contributed by atoms with Crippen LogP contribution in [0.1, 0.15) is 13.3 Å². The summed E-state index contributed by atoms with van der Waals surface area (Å²) >= 11 is 0. The van der Waals surface area contributed by atoms with E-state index in [2.05, 4.69) is 17.9 Å². The van der Waals surface area contributed by atoms with E-state index in [0.717, 1.165) is 6.26 Å². The Balaban J connectivity index is 2.54. The summed E-state index contributed by atoms with van der Waals surface area (Å²) in [4.78, 5) is 22.7. The number of hydrogen-bond donors (Lipinski definition) is 0. The van der Waals surface area contributed by atoms with Crippen molar-refractivity contribution in [3.63, 3.8) is 0 Å². The third-order valence-electron chi connectivity index (χ3n) is 1.94. The van der Waals surface area contributed by atoms with Gasteiger partial charge in [0, 0.05) is 12.0 Å². The minimum Gasteiger partial charge on any atom is -0.447 e. The summed E-state index contributed by atoms with van der Waals surface area (Å²) in [5, 5.41) is 0. The lowest BCUT2D eigenvalue weighted by Gasteiger charge is -2.14. The normalized spacial score (nSPS) is 19.4. The average molecular weight is 226 g/mol. The molecule has 0 aromatic carbocycles. The fourth-order valence-corrected chi connectivity index (χ4v) is 1.02. The second kappa shape index (κ2) is 5.46. The van der Waals surface area contributed by atoms with Crippen LogP contribution in [0.2, 0.25) is 0 Å². The van der Waals surface area contributed by atoms with Crippen molar-refractivity contribution in [2.45, 2.75) is 25.6 Å². The molecular formula is C11H14O5. The Bertz CT molecular complexity index is 316. The second-order valence-corrected chi connectivity index (χ2v) is 3.47. The quantitative estimate of drug-likeness (QED) is 0.292. The van der Waals surface area contributed by atoms with E-state index in [0.29, 0.717) is 13.0 Å². The molecule has 0 aromatic rings. The van der Waals surface area contributed by atoms with Crippen LogP contribution in [-0.4, -0.2) is 30.8 Å². The van der Waals surface area contributed by atoms with Crippen molar-refractivity contribution in [2.75, 3.05) is 6.61 Å².